The molecule has 1 saturated heterocycles. The molecule has 0 aliphatic carbocycles. The number of likely N-dealkylation sites (tertiary alicyclic amines) is 1. The van der Waals surface area contributed by atoms with Crippen LogP contribution in [0, 0.1) is 5.92 Å². The van der Waals surface area contributed by atoms with E-state index in [9.17, 15) is 0 Å². The van der Waals surface area contributed by atoms with Crippen molar-refractivity contribution in [1.29, 1.82) is 0 Å². The Morgan fingerprint density at radius 3 is 3.00 bits per heavy atom. The maximum absolute atomic E-state index is 5.97. The largest absolute Gasteiger partial charge is 0.327 e. The molecule has 0 aromatic carbocycles. The van der Waals surface area contributed by atoms with E-state index in [0.717, 1.165) is 43.4 Å². The van der Waals surface area contributed by atoms with E-state index in [4.69, 9.17) is 5.73 Å². The van der Waals surface area contributed by atoms with Gasteiger partial charge < -0.3 is 10.6 Å². The number of aryl methyl sites for hydroxylation is 1. The molecular formula is C13H23N5. The van der Waals surface area contributed by atoms with Crippen LogP contribution < -0.4 is 5.73 Å². The van der Waals surface area contributed by atoms with E-state index >= 15 is 0 Å². The second-order valence-corrected chi connectivity index (χ2v) is 5.67. The summed E-state index contributed by atoms with van der Waals surface area (Å²) in [5, 5.41) is 4.63. The minimum absolute atomic E-state index is 0.275. The van der Waals surface area contributed by atoms with E-state index < -0.39 is 0 Å². The van der Waals surface area contributed by atoms with E-state index in [2.05, 4.69) is 26.6 Å². The van der Waals surface area contributed by atoms with Gasteiger partial charge in [0.15, 0.2) is 5.82 Å². The predicted molar refractivity (Wildman–Crippen MR) is 70.2 cm³/mol. The molecule has 5 nitrogen and oxygen atoms in total. The van der Waals surface area contributed by atoms with Gasteiger partial charge in [-0.3, -0.25) is 0 Å². The molecular weight excluding hydrogens is 226 g/mol. The van der Waals surface area contributed by atoms with Crippen LogP contribution in [-0.2, 0) is 19.4 Å². The van der Waals surface area contributed by atoms with Crippen LogP contribution in [-0.4, -0.2) is 45.3 Å². The highest BCUT2D eigenvalue weighted by Crippen LogP contribution is 2.20. The maximum atomic E-state index is 5.97. The van der Waals surface area contributed by atoms with Crippen molar-refractivity contribution in [2.45, 2.75) is 45.2 Å². The van der Waals surface area contributed by atoms with E-state index in [1.807, 2.05) is 0 Å². The lowest BCUT2D eigenvalue weighted by Gasteiger charge is -2.17. The number of hydrogen-bond donors (Lipinski definition) is 1. The topological polar surface area (TPSA) is 60.0 Å². The lowest BCUT2D eigenvalue weighted by Crippen LogP contribution is -2.31. The van der Waals surface area contributed by atoms with Gasteiger partial charge in [-0.05, 0) is 31.8 Å². The Hall–Kier alpha value is -0.940. The fourth-order valence-electron chi connectivity index (χ4n) is 3.09. The lowest BCUT2D eigenvalue weighted by atomic mass is 10.0. The average Bonchev–Trinajstić information content (AvgIpc) is 2.95. The van der Waals surface area contributed by atoms with Gasteiger partial charge in [0.2, 0.25) is 0 Å². The zero-order chi connectivity index (χ0) is 12.5. The number of hydrogen-bond acceptors (Lipinski definition) is 4. The Balaban J connectivity index is 1.64. The summed E-state index contributed by atoms with van der Waals surface area (Å²) in [6.07, 6.45) is 4.24. The van der Waals surface area contributed by atoms with E-state index in [1.165, 1.54) is 26.1 Å². The van der Waals surface area contributed by atoms with Gasteiger partial charge in [-0.15, -0.1) is 0 Å². The van der Waals surface area contributed by atoms with Gasteiger partial charge in [-0.1, -0.05) is 6.92 Å². The first kappa shape index (κ1) is 12.1. The van der Waals surface area contributed by atoms with Crippen LogP contribution in [0.2, 0.25) is 0 Å². The summed E-state index contributed by atoms with van der Waals surface area (Å²) in [6, 6.07) is 0.275. The Labute approximate surface area is 108 Å². The number of nitrogens with zero attached hydrogens (tertiary/aromatic N) is 4. The molecule has 1 aromatic heterocycles. The molecule has 2 unspecified atom stereocenters. The molecule has 0 spiro atoms. The summed E-state index contributed by atoms with van der Waals surface area (Å²) in [5.41, 5.74) is 5.97. The van der Waals surface area contributed by atoms with Gasteiger partial charge in [0.25, 0.3) is 0 Å². The van der Waals surface area contributed by atoms with Gasteiger partial charge >= 0.3 is 0 Å². The third-order valence-electron chi connectivity index (χ3n) is 4.24. The summed E-state index contributed by atoms with van der Waals surface area (Å²) in [5.74, 6) is 2.86. The molecule has 2 N–H and O–H groups in total. The highest BCUT2D eigenvalue weighted by Gasteiger charge is 2.24. The number of aromatic nitrogens is 3. The quantitative estimate of drug-likeness (QED) is 0.844. The van der Waals surface area contributed by atoms with Gasteiger partial charge in [0, 0.05) is 32.0 Å². The summed E-state index contributed by atoms with van der Waals surface area (Å²) >= 11 is 0. The Bertz CT molecular complexity index is 414. The van der Waals surface area contributed by atoms with Gasteiger partial charge in [-0.25, -0.2) is 9.67 Å². The fraction of sp³-hybridized carbons (Fsp3) is 0.846. The van der Waals surface area contributed by atoms with E-state index in [-0.39, 0.29) is 6.04 Å². The van der Waals surface area contributed by atoms with Crippen molar-refractivity contribution in [1.82, 2.24) is 19.7 Å². The summed E-state index contributed by atoms with van der Waals surface area (Å²) in [4.78, 5) is 7.18. The maximum Gasteiger partial charge on any atom is 0.151 e. The normalized spacial score (nSPS) is 28.6. The first-order valence-electron chi connectivity index (χ1n) is 7.15. The number of nitrogens with two attached hydrogens (primary N) is 1. The first-order valence-corrected chi connectivity index (χ1v) is 7.15. The fourth-order valence-corrected chi connectivity index (χ4v) is 3.09. The highest BCUT2D eigenvalue weighted by atomic mass is 15.4. The molecule has 2 atom stereocenters. The molecule has 1 fully saturated rings. The molecule has 0 amide bonds. The molecule has 0 saturated carbocycles. The third kappa shape index (κ3) is 2.42. The van der Waals surface area contributed by atoms with Crippen molar-refractivity contribution < 1.29 is 0 Å². The van der Waals surface area contributed by atoms with Gasteiger partial charge in [-0.2, -0.15) is 5.10 Å². The standard InChI is InChI=1S/C13H23N5/c1-2-17-5-3-10(9-17)7-12-15-13-8-11(14)4-6-18(13)16-12/h10-11H,2-9,14H2,1H3. The molecule has 3 heterocycles. The molecule has 18 heavy (non-hydrogen) atoms. The van der Waals surface area contributed by atoms with Crippen molar-refractivity contribution in [2.75, 3.05) is 19.6 Å². The van der Waals surface area contributed by atoms with Crippen molar-refractivity contribution >= 4 is 0 Å². The summed E-state index contributed by atoms with van der Waals surface area (Å²) in [7, 11) is 0. The molecule has 2 aliphatic rings. The van der Waals surface area contributed by atoms with Crippen LogP contribution in [0.15, 0.2) is 0 Å². The molecule has 0 radical (unpaired) electrons. The molecule has 3 rings (SSSR count). The van der Waals surface area contributed by atoms with Crippen LogP contribution in [0.5, 0.6) is 0 Å². The minimum Gasteiger partial charge on any atom is -0.327 e. The first-order chi connectivity index (χ1) is 8.74. The number of rotatable bonds is 3. The smallest absolute Gasteiger partial charge is 0.151 e. The van der Waals surface area contributed by atoms with E-state index in [0.29, 0.717) is 0 Å². The summed E-state index contributed by atoms with van der Waals surface area (Å²) in [6.45, 7) is 6.78. The molecule has 0 bridgehead atoms. The second-order valence-electron chi connectivity index (χ2n) is 5.67. The van der Waals surface area contributed by atoms with Crippen molar-refractivity contribution in [2.24, 2.45) is 11.7 Å². The zero-order valence-corrected chi connectivity index (χ0v) is 11.2. The Morgan fingerprint density at radius 2 is 2.22 bits per heavy atom. The van der Waals surface area contributed by atoms with Crippen molar-refractivity contribution in [3.63, 3.8) is 0 Å². The van der Waals surface area contributed by atoms with E-state index in [1.54, 1.807) is 0 Å². The molecule has 5 heteroatoms. The van der Waals surface area contributed by atoms with Crippen molar-refractivity contribution in [3.8, 4) is 0 Å². The summed E-state index contributed by atoms with van der Waals surface area (Å²) < 4.78 is 2.06. The number of fused-ring (bicyclic) bond motifs is 1. The molecule has 1 aromatic rings. The minimum atomic E-state index is 0.275. The predicted octanol–water partition coefficient (Wildman–Crippen LogP) is 0.436. The Kier molecular flexibility index (Phi) is 3.35. The molecule has 2 aliphatic heterocycles. The average molecular weight is 249 g/mol. The van der Waals surface area contributed by atoms with Crippen LogP contribution in [0.25, 0.3) is 0 Å². The van der Waals surface area contributed by atoms with Crippen molar-refractivity contribution in [3.05, 3.63) is 11.6 Å². The van der Waals surface area contributed by atoms with Crippen LogP contribution in [0.3, 0.4) is 0 Å². The SMILES string of the molecule is CCN1CCC(Cc2nc3n(n2)CCC(N)C3)C1. The van der Waals surface area contributed by atoms with Gasteiger partial charge in [0.05, 0.1) is 0 Å². The van der Waals surface area contributed by atoms with Crippen LogP contribution >= 0.6 is 0 Å². The van der Waals surface area contributed by atoms with Crippen LogP contribution in [0.4, 0.5) is 0 Å². The highest BCUT2D eigenvalue weighted by molar-refractivity contribution is 5.00. The lowest BCUT2D eigenvalue weighted by molar-refractivity contribution is 0.340. The second kappa shape index (κ2) is 4.97. The Morgan fingerprint density at radius 1 is 1.33 bits per heavy atom. The van der Waals surface area contributed by atoms with Crippen LogP contribution in [0.1, 0.15) is 31.4 Å². The van der Waals surface area contributed by atoms with Gasteiger partial charge in [0.1, 0.15) is 5.82 Å². The third-order valence-corrected chi connectivity index (χ3v) is 4.24. The monoisotopic (exact) mass is 249 g/mol. The molecule has 100 valence electrons. The zero-order valence-electron chi connectivity index (χ0n) is 11.2.